The Morgan fingerprint density at radius 1 is 0.955 bits per heavy atom. The summed E-state index contributed by atoms with van der Waals surface area (Å²) in [5, 5.41) is 10.1. The molecule has 0 aliphatic carbocycles. The molecule has 0 spiro atoms. The summed E-state index contributed by atoms with van der Waals surface area (Å²) in [6.07, 6.45) is 0. The van der Waals surface area contributed by atoms with E-state index in [4.69, 9.17) is 18.6 Å². The number of hydrogen-bond donors (Lipinski definition) is 1. The van der Waals surface area contributed by atoms with Crippen molar-refractivity contribution < 1.29 is 23.7 Å². The summed E-state index contributed by atoms with van der Waals surface area (Å²) in [7, 11) is 4.40. The van der Waals surface area contributed by atoms with E-state index in [0.29, 0.717) is 17.1 Å². The van der Waals surface area contributed by atoms with Gasteiger partial charge in [-0.15, -0.1) is 0 Å². The molecule has 0 radical (unpaired) electrons. The number of hydrogen-bond acceptors (Lipinski definition) is 6. The number of fused-ring (bicyclic) bond motifs is 2. The molecule has 1 N–H and O–H groups in total. The Morgan fingerprint density at radius 3 is 2.32 bits per heavy atom. The van der Waals surface area contributed by atoms with Crippen LogP contribution < -0.4 is 19.6 Å². The van der Waals surface area contributed by atoms with Gasteiger partial charge in [-0.25, -0.2) is 0 Å². The van der Waals surface area contributed by atoms with Gasteiger partial charge in [0.15, 0.2) is 11.3 Å². The zero-order valence-corrected chi connectivity index (χ0v) is 12.3. The second kappa shape index (κ2) is 5.14. The largest absolute Gasteiger partial charge is 0.508 e. The molecule has 0 atom stereocenters. The summed E-state index contributed by atoms with van der Waals surface area (Å²) in [6, 6.07) is 5.88. The molecule has 0 aliphatic heterocycles. The number of ether oxygens (including phenoxy) is 3. The summed E-state index contributed by atoms with van der Waals surface area (Å²) in [5.41, 5.74) is 0.329. The van der Waals surface area contributed by atoms with Crippen molar-refractivity contribution in [2.75, 3.05) is 21.3 Å². The Morgan fingerprint density at radius 2 is 1.68 bits per heavy atom. The lowest BCUT2D eigenvalue weighted by molar-refractivity contribution is 0.324. The Bertz CT molecular complexity index is 925. The van der Waals surface area contributed by atoms with Crippen molar-refractivity contribution in [2.24, 2.45) is 0 Å². The molecule has 0 saturated heterocycles. The van der Waals surface area contributed by atoms with E-state index < -0.39 is 0 Å². The molecule has 22 heavy (non-hydrogen) atoms. The predicted molar refractivity (Wildman–Crippen MR) is 81.3 cm³/mol. The van der Waals surface area contributed by atoms with E-state index in [-0.39, 0.29) is 33.3 Å². The van der Waals surface area contributed by atoms with Crippen molar-refractivity contribution in [3.63, 3.8) is 0 Å². The van der Waals surface area contributed by atoms with Crippen molar-refractivity contribution in [2.45, 2.75) is 0 Å². The molecule has 1 aromatic heterocycles. The molecule has 3 rings (SSSR count). The highest BCUT2D eigenvalue weighted by molar-refractivity contribution is 5.95. The normalized spacial score (nSPS) is 10.9. The van der Waals surface area contributed by atoms with Crippen LogP contribution in [0, 0.1) is 0 Å². The predicted octanol–water partition coefficient (Wildman–Crippen LogP) is 2.68. The third-order valence-corrected chi connectivity index (χ3v) is 3.45. The Hall–Kier alpha value is -2.89. The standard InChI is InChI=1S/C16H14O6/c1-19-12-7-10-13(18)9-6-8(17)4-5-11(9)22-14(10)16(21-3)15(12)20-2/h4-7,17H,1-3H3. The SMILES string of the molecule is COc1cc2c(=O)c3cc(O)ccc3oc2c(OC)c1OC. The molecule has 114 valence electrons. The van der Waals surface area contributed by atoms with E-state index >= 15 is 0 Å². The quantitative estimate of drug-likeness (QED) is 0.749. The van der Waals surface area contributed by atoms with Gasteiger partial charge in [-0.3, -0.25) is 4.79 Å². The third-order valence-electron chi connectivity index (χ3n) is 3.45. The summed E-state index contributed by atoms with van der Waals surface area (Å²) < 4.78 is 21.6. The molecule has 0 unspecified atom stereocenters. The number of benzene rings is 2. The van der Waals surface area contributed by atoms with Gasteiger partial charge in [0.1, 0.15) is 11.3 Å². The van der Waals surface area contributed by atoms with E-state index in [2.05, 4.69) is 0 Å². The number of phenols is 1. The third kappa shape index (κ3) is 1.92. The molecule has 1 heterocycles. The fourth-order valence-electron chi connectivity index (χ4n) is 2.44. The van der Waals surface area contributed by atoms with Crippen LogP contribution in [-0.2, 0) is 0 Å². The first-order valence-corrected chi connectivity index (χ1v) is 6.49. The van der Waals surface area contributed by atoms with Crippen LogP contribution in [0.25, 0.3) is 21.9 Å². The zero-order chi connectivity index (χ0) is 15.9. The molecule has 0 aliphatic rings. The number of phenolic OH excluding ortho intramolecular Hbond substituents is 1. The van der Waals surface area contributed by atoms with Crippen molar-refractivity contribution in [3.8, 4) is 23.0 Å². The molecule has 6 heteroatoms. The Kier molecular flexibility index (Phi) is 3.29. The second-order valence-corrected chi connectivity index (χ2v) is 4.63. The zero-order valence-electron chi connectivity index (χ0n) is 12.3. The highest BCUT2D eigenvalue weighted by atomic mass is 16.5. The lowest BCUT2D eigenvalue weighted by Gasteiger charge is -2.14. The molecule has 0 amide bonds. The number of methoxy groups -OCH3 is 3. The van der Waals surface area contributed by atoms with E-state index in [1.54, 1.807) is 0 Å². The van der Waals surface area contributed by atoms with Crippen molar-refractivity contribution in [1.29, 1.82) is 0 Å². The van der Waals surface area contributed by atoms with Crippen LogP contribution in [0.2, 0.25) is 0 Å². The highest BCUT2D eigenvalue weighted by Crippen LogP contribution is 2.43. The molecule has 2 aromatic carbocycles. The number of aromatic hydroxyl groups is 1. The maximum atomic E-state index is 12.7. The first kappa shape index (κ1) is 14.1. The summed E-state index contributed by atoms with van der Waals surface area (Å²) in [6.45, 7) is 0. The van der Waals surface area contributed by atoms with Crippen LogP contribution in [0.5, 0.6) is 23.0 Å². The second-order valence-electron chi connectivity index (χ2n) is 4.63. The first-order valence-electron chi connectivity index (χ1n) is 6.49. The average molecular weight is 302 g/mol. The molecule has 0 saturated carbocycles. The molecular formula is C16H14O6. The van der Waals surface area contributed by atoms with Crippen LogP contribution in [0.4, 0.5) is 0 Å². The van der Waals surface area contributed by atoms with Gasteiger partial charge in [-0.2, -0.15) is 0 Å². The van der Waals surface area contributed by atoms with Crippen LogP contribution in [0.1, 0.15) is 0 Å². The van der Waals surface area contributed by atoms with Crippen LogP contribution in [-0.4, -0.2) is 26.4 Å². The van der Waals surface area contributed by atoms with Gasteiger partial charge in [0.25, 0.3) is 0 Å². The molecule has 0 fully saturated rings. The minimum absolute atomic E-state index is 0.00779. The van der Waals surface area contributed by atoms with E-state index in [1.165, 1.54) is 45.6 Å². The minimum Gasteiger partial charge on any atom is -0.508 e. The van der Waals surface area contributed by atoms with E-state index in [9.17, 15) is 9.90 Å². The van der Waals surface area contributed by atoms with Crippen molar-refractivity contribution in [3.05, 3.63) is 34.5 Å². The van der Waals surface area contributed by atoms with Crippen LogP contribution >= 0.6 is 0 Å². The first-order chi connectivity index (χ1) is 10.6. The summed E-state index contributed by atoms with van der Waals surface area (Å²) in [4.78, 5) is 12.7. The van der Waals surface area contributed by atoms with E-state index in [0.717, 1.165) is 0 Å². The summed E-state index contributed by atoms with van der Waals surface area (Å²) >= 11 is 0. The lowest BCUT2D eigenvalue weighted by atomic mass is 10.1. The monoisotopic (exact) mass is 302 g/mol. The fraction of sp³-hybridized carbons (Fsp3) is 0.188. The van der Waals surface area contributed by atoms with Gasteiger partial charge in [-0.05, 0) is 24.3 Å². The van der Waals surface area contributed by atoms with Crippen molar-refractivity contribution in [1.82, 2.24) is 0 Å². The molecule has 6 nitrogen and oxygen atoms in total. The van der Waals surface area contributed by atoms with Gasteiger partial charge in [0.2, 0.25) is 16.9 Å². The average Bonchev–Trinajstić information content (AvgIpc) is 2.54. The van der Waals surface area contributed by atoms with Gasteiger partial charge in [-0.1, -0.05) is 0 Å². The molecule has 0 bridgehead atoms. The van der Waals surface area contributed by atoms with E-state index in [1.807, 2.05) is 0 Å². The van der Waals surface area contributed by atoms with Crippen LogP contribution in [0.15, 0.2) is 33.5 Å². The lowest BCUT2D eigenvalue weighted by Crippen LogP contribution is -2.05. The highest BCUT2D eigenvalue weighted by Gasteiger charge is 2.21. The Labute approximate surface area is 125 Å². The molecule has 3 aromatic rings. The summed E-state index contributed by atoms with van der Waals surface area (Å²) in [5.74, 6) is 0.980. The van der Waals surface area contributed by atoms with Gasteiger partial charge < -0.3 is 23.7 Å². The molecular weight excluding hydrogens is 288 g/mol. The van der Waals surface area contributed by atoms with Gasteiger partial charge in [0, 0.05) is 0 Å². The van der Waals surface area contributed by atoms with Crippen LogP contribution in [0.3, 0.4) is 0 Å². The van der Waals surface area contributed by atoms with Gasteiger partial charge >= 0.3 is 0 Å². The maximum absolute atomic E-state index is 12.7. The maximum Gasteiger partial charge on any atom is 0.208 e. The smallest absolute Gasteiger partial charge is 0.208 e. The van der Waals surface area contributed by atoms with Crippen molar-refractivity contribution >= 4 is 21.9 Å². The Balaban J connectivity index is 2.55. The topological polar surface area (TPSA) is 78.1 Å². The van der Waals surface area contributed by atoms with Gasteiger partial charge in [0.05, 0.1) is 32.1 Å². The number of rotatable bonds is 3. The fourth-order valence-corrected chi connectivity index (χ4v) is 2.44. The minimum atomic E-state index is -0.286.